The zero-order chi connectivity index (χ0) is 5.56. The third-order valence-corrected chi connectivity index (χ3v) is 2.67. The van der Waals surface area contributed by atoms with E-state index in [-0.39, 0.29) is 0 Å². The van der Waals surface area contributed by atoms with Crippen molar-refractivity contribution in [3.8, 4) is 0 Å². The molecule has 0 aromatic rings. The highest BCUT2D eigenvalue weighted by Crippen LogP contribution is 2.50. The van der Waals surface area contributed by atoms with Crippen LogP contribution >= 0.6 is 0 Å². The minimum Gasteiger partial charge on any atom is -0.381 e. The summed E-state index contributed by atoms with van der Waals surface area (Å²) in [6.07, 6.45) is 1.33. The molecule has 2 aliphatic rings. The average molecular weight is 112 g/mol. The molecule has 8 heavy (non-hydrogen) atoms. The monoisotopic (exact) mass is 112 g/mol. The molecule has 0 N–H and O–H groups in total. The van der Waals surface area contributed by atoms with Crippen LogP contribution < -0.4 is 0 Å². The van der Waals surface area contributed by atoms with Gasteiger partial charge in [0.05, 0.1) is 0 Å². The van der Waals surface area contributed by atoms with Gasteiger partial charge in [-0.25, -0.2) is 0 Å². The number of fused-ring (bicyclic) bond motifs is 1. The second-order valence-corrected chi connectivity index (χ2v) is 3.05. The fourth-order valence-electron chi connectivity index (χ4n) is 1.83. The summed E-state index contributed by atoms with van der Waals surface area (Å²) >= 11 is 0. The molecule has 3 atom stereocenters. The topological polar surface area (TPSA) is 9.23 Å². The molecule has 1 aliphatic heterocycles. The summed E-state index contributed by atoms with van der Waals surface area (Å²) in [6.45, 7) is 4.40. The van der Waals surface area contributed by atoms with Crippen LogP contribution in [0.4, 0.5) is 0 Å². The van der Waals surface area contributed by atoms with E-state index in [0.717, 1.165) is 31.0 Å². The summed E-state index contributed by atoms with van der Waals surface area (Å²) in [7, 11) is 0. The summed E-state index contributed by atoms with van der Waals surface area (Å²) in [5.41, 5.74) is 0. The van der Waals surface area contributed by atoms with Crippen LogP contribution in [0.25, 0.3) is 0 Å². The molecular formula is C7H12O. The lowest BCUT2D eigenvalue weighted by Gasteiger charge is -2.07. The molecule has 1 aliphatic carbocycles. The molecule has 0 aromatic heterocycles. The van der Waals surface area contributed by atoms with Crippen molar-refractivity contribution < 1.29 is 4.74 Å². The first-order valence-electron chi connectivity index (χ1n) is 3.47. The third-order valence-electron chi connectivity index (χ3n) is 2.67. The standard InChI is InChI=1S/C7H12O/c1-5-6-2-3-8-4-7(5)6/h5-7H,2-4H2,1H3. The predicted molar refractivity (Wildman–Crippen MR) is 31.6 cm³/mol. The van der Waals surface area contributed by atoms with E-state index in [0.29, 0.717) is 0 Å². The van der Waals surface area contributed by atoms with Gasteiger partial charge < -0.3 is 4.74 Å². The lowest BCUT2D eigenvalue weighted by Crippen LogP contribution is -2.06. The average Bonchev–Trinajstić information content (AvgIpc) is 2.46. The number of rotatable bonds is 0. The van der Waals surface area contributed by atoms with E-state index in [4.69, 9.17) is 4.74 Å². The van der Waals surface area contributed by atoms with Crippen molar-refractivity contribution in [1.29, 1.82) is 0 Å². The molecule has 0 spiro atoms. The summed E-state index contributed by atoms with van der Waals surface area (Å²) in [5, 5.41) is 0. The first-order chi connectivity index (χ1) is 3.89. The van der Waals surface area contributed by atoms with Gasteiger partial charge in [0.1, 0.15) is 0 Å². The van der Waals surface area contributed by atoms with Gasteiger partial charge >= 0.3 is 0 Å². The second kappa shape index (κ2) is 1.47. The van der Waals surface area contributed by atoms with Crippen LogP contribution in [-0.4, -0.2) is 13.2 Å². The van der Waals surface area contributed by atoms with Crippen molar-refractivity contribution >= 4 is 0 Å². The Morgan fingerprint density at radius 1 is 1.38 bits per heavy atom. The molecule has 3 unspecified atom stereocenters. The minimum atomic E-state index is 0.948. The number of hydrogen-bond donors (Lipinski definition) is 0. The third kappa shape index (κ3) is 0.510. The number of hydrogen-bond acceptors (Lipinski definition) is 1. The Morgan fingerprint density at radius 3 is 2.75 bits per heavy atom. The lowest BCUT2D eigenvalue weighted by atomic mass is 10.2. The quantitative estimate of drug-likeness (QED) is 0.459. The molecule has 1 heteroatoms. The molecule has 0 radical (unpaired) electrons. The van der Waals surface area contributed by atoms with E-state index in [1.165, 1.54) is 6.42 Å². The van der Waals surface area contributed by atoms with E-state index in [2.05, 4.69) is 6.92 Å². The van der Waals surface area contributed by atoms with Gasteiger partial charge in [0.2, 0.25) is 0 Å². The fourth-order valence-corrected chi connectivity index (χ4v) is 1.83. The highest BCUT2D eigenvalue weighted by molar-refractivity contribution is 4.95. The summed E-state index contributed by atoms with van der Waals surface area (Å²) < 4.78 is 5.29. The maximum atomic E-state index is 5.29. The van der Waals surface area contributed by atoms with Crippen molar-refractivity contribution in [2.45, 2.75) is 13.3 Å². The summed E-state index contributed by atoms with van der Waals surface area (Å²) in [6, 6.07) is 0. The van der Waals surface area contributed by atoms with E-state index in [1.807, 2.05) is 0 Å². The smallest absolute Gasteiger partial charge is 0.0499 e. The van der Waals surface area contributed by atoms with Crippen LogP contribution in [0.2, 0.25) is 0 Å². The molecule has 1 nitrogen and oxygen atoms in total. The van der Waals surface area contributed by atoms with Crippen LogP contribution in [0.1, 0.15) is 13.3 Å². The van der Waals surface area contributed by atoms with Crippen LogP contribution in [0.3, 0.4) is 0 Å². The Morgan fingerprint density at radius 2 is 2.25 bits per heavy atom. The van der Waals surface area contributed by atoms with Crippen molar-refractivity contribution in [3.63, 3.8) is 0 Å². The first kappa shape index (κ1) is 4.80. The maximum Gasteiger partial charge on any atom is 0.0499 e. The Balaban J connectivity index is 1.97. The zero-order valence-corrected chi connectivity index (χ0v) is 5.26. The van der Waals surface area contributed by atoms with Gasteiger partial charge in [-0.1, -0.05) is 6.92 Å². The van der Waals surface area contributed by atoms with Crippen molar-refractivity contribution in [2.75, 3.05) is 13.2 Å². The fraction of sp³-hybridized carbons (Fsp3) is 1.00. The molecule has 2 rings (SSSR count). The molecule has 2 fully saturated rings. The maximum absolute atomic E-state index is 5.29. The SMILES string of the molecule is CC1C2CCOCC12. The van der Waals surface area contributed by atoms with Gasteiger partial charge in [0.25, 0.3) is 0 Å². The van der Waals surface area contributed by atoms with E-state index in [9.17, 15) is 0 Å². The van der Waals surface area contributed by atoms with Crippen molar-refractivity contribution in [1.82, 2.24) is 0 Å². The van der Waals surface area contributed by atoms with Crippen molar-refractivity contribution in [3.05, 3.63) is 0 Å². The van der Waals surface area contributed by atoms with Gasteiger partial charge in [-0.2, -0.15) is 0 Å². The van der Waals surface area contributed by atoms with Gasteiger partial charge in [-0.3, -0.25) is 0 Å². The van der Waals surface area contributed by atoms with E-state index >= 15 is 0 Å². The summed E-state index contributed by atoms with van der Waals surface area (Å²) in [5.74, 6) is 2.98. The molecule has 1 saturated heterocycles. The highest BCUT2D eigenvalue weighted by atomic mass is 16.5. The van der Waals surface area contributed by atoms with Crippen LogP contribution in [0.5, 0.6) is 0 Å². The predicted octanol–water partition coefficient (Wildman–Crippen LogP) is 1.29. The first-order valence-corrected chi connectivity index (χ1v) is 3.47. The summed E-state index contributed by atoms with van der Waals surface area (Å²) in [4.78, 5) is 0. The number of ether oxygens (including phenoxy) is 1. The molecule has 0 bridgehead atoms. The van der Waals surface area contributed by atoms with Crippen molar-refractivity contribution in [2.24, 2.45) is 17.8 Å². The van der Waals surface area contributed by atoms with E-state index < -0.39 is 0 Å². The van der Waals surface area contributed by atoms with E-state index in [1.54, 1.807) is 0 Å². The Bertz CT molecular complexity index is 88.6. The van der Waals surface area contributed by atoms with Crippen LogP contribution in [-0.2, 0) is 4.74 Å². The second-order valence-electron chi connectivity index (χ2n) is 3.05. The molecule has 1 heterocycles. The largest absolute Gasteiger partial charge is 0.381 e. The highest BCUT2D eigenvalue weighted by Gasteiger charge is 2.47. The zero-order valence-electron chi connectivity index (χ0n) is 5.26. The van der Waals surface area contributed by atoms with Crippen LogP contribution in [0, 0.1) is 17.8 Å². The molecule has 0 aromatic carbocycles. The lowest BCUT2D eigenvalue weighted by molar-refractivity contribution is 0.0885. The molecule has 46 valence electrons. The normalized spacial score (nSPS) is 52.9. The molecule has 1 saturated carbocycles. The van der Waals surface area contributed by atoms with Crippen LogP contribution in [0.15, 0.2) is 0 Å². The van der Waals surface area contributed by atoms with Gasteiger partial charge in [0, 0.05) is 13.2 Å². The van der Waals surface area contributed by atoms with Gasteiger partial charge in [-0.15, -0.1) is 0 Å². The molecule has 0 amide bonds. The minimum absolute atomic E-state index is 0.948. The Labute approximate surface area is 50.0 Å². The van der Waals surface area contributed by atoms with Gasteiger partial charge in [-0.05, 0) is 24.2 Å². The molecular weight excluding hydrogens is 100 g/mol. The Hall–Kier alpha value is -0.0400. The van der Waals surface area contributed by atoms with Gasteiger partial charge in [0.15, 0.2) is 0 Å². The Kier molecular flexibility index (Phi) is 0.884.